The summed E-state index contributed by atoms with van der Waals surface area (Å²) in [4.78, 5) is 15.6. The summed E-state index contributed by atoms with van der Waals surface area (Å²) < 4.78 is 8.80. The van der Waals surface area contributed by atoms with E-state index in [0.717, 1.165) is 49.4 Å². The third kappa shape index (κ3) is 4.75. The minimum Gasteiger partial charge on any atom is -0.456 e. The number of furan rings is 1. The van der Waals surface area contributed by atoms with Gasteiger partial charge in [-0.15, -0.1) is 11.3 Å². The lowest BCUT2D eigenvalue weighted by Gasteiger charge is -2.12. The van der Waals surface area contributed by atoms with Crippen molar-refractivity contribution < 1.29 is 4.42 Å². The highest BCUT2D eigenvalue weighted by Crippen LogP contribution is 2.46. The van der Waals surface area contributed by atoms with Crippen LogP contribution in [0.5, 0.6) is 0 Å². The number of aromatic nitrogens is 3. The number of para-hydroxylation sites is 1. The molecule has 4 nitrogen and oxygen atoms in total. The van der Waals surface area contributed by atoms with Gasteiger partial charge in [0.2, 0.25) is 0 Å². The molecule has 0 bridgehead atoms. The van der Waals surface area contributed by atoms with Gasteiger partial charge >= 0.3 is 0 Å². The van der Waals surface area contributed by atoms with Crippen molar-refractivity contribution in [1.82, 2.24) is 15.0 Å². The highest BCUT2D eigenvalue weighted by atomic mass is 32.1. The average molecular weight is 732 g/mol. The van der Waals surface area contributed by atoms with Crippen molar-refractivity contribution in [1.29, 1.82) is 0 Å². The fourth-order valence-electron chi connectivity index (χ4n) is 8.51. The van der Waals surface area contributed by atoms with E-state index in [-0.39, 0.29) is 0 Å². The van der Waals surface area contributed by atoms with E-state index >= 15 is 0 Å². The Hall–Kier alpha value is -7.21. The summed E-state index contributed by atoms with van der Waals surface area (Å²) in [6, 6.07) is 62.0. The smallest absolute Gasteiger partial charge is 0.164 e. The van der Waals surface area contributed by atoms with Gasteiger partial charge in [0.25, 0.3) is 0 Å². The maximum Gasteiger partial charge on any atom is 0.164 e. The largest absolute Gasteiger partial charge is 0.456 e. The Morgan fingerprint density at radius 2 is 0.982 bits per heavy atom. The van der Waals surface area contributed by atoms with Gasteiger partial charge in [-0.3, -0.25) is 0 Å². The molecular formula is C51H29N3OS. The Labute approximate surface area is 325 Å². The summed E-state index contributed by atoms with van der Waals surface area (Å²) in [5, 5.41) is 11.8. The SMILES string of the molecule is c1ccc(-c2nc(-c3ccc4ccc5c6cccc(-c7cccc8oc9ccccc9c78)c6sc5c4c3)nc(-c3cc4ccccc4c4ccccc34)n2)cc1. The number of hydrogen-bond acceptors (Lipinski definition) is 5. The van der Waals surface area contributed by atoms with Gasteiger partial charge in [0.15, 0.2) is 17.5 Å². The normalized spacial score (nSPS) is 11.9. The summed E-state index contributed by atoms with van der Waals surface area (Å²) in [5.74, 6) is 1.94. The van der Waals surface area contributed by atoms with Crippen LogP contribution in [0.2, 0.25) is 0 Å². The maximum atomic E-state index is 6.30. The van der Waals surface area contributed by atoms with Crippen molar-refractivity contribution >= 4 is 85.8 Å². The van der Waals surface area contributed by atoms with Crippen LogP contribution in [0.25, 0.3) is 120 Å². The van der Waals surface area contributed by atoms with E-state index in [9.17, 15) is 0 Å². The van der Waals surface area contributed by atoms with Gasteiger partial charge in [0.1, 0.15) is 11.2 Å². The third-order valence-corrected chi connectivity index (χ3v) is 12.4. The zero-order chi connectivity index (χ0) is 36.7. The van der Waals surface area contributed by atoms with Crippen molar-refractivity contribution in [3.8, 4) is 45.3 Å². The molecule has 5 heteroatoms. The van der Waals surface area contributed by atoms with Gasteiger partial charge in [0, 0.05) is 58.6 Å². The summed E-state index contributed by atoms with van der Waals surface area (Å²) in [7, 11) is 0. The van der Waals surface area contributed by atoms with E-state index in [1.807, 2.05) is 41.7 Å². The lowest BCUT2D eigenvalue weighted by Crippen LogP contribution is -2.00. The molecule has 56 heavy (non-hydrogen) atoms. The Bertz CT molecular complexity index is 3550. The molecule has 0 N–H and O–H groups in total. The molecule has 12 aromatic rings. The Balaban J connectivity index is 1.08. The Morgan fingerprint density at radius 3 is 1.88 bits per heavy atom. The molecule has 0 saturated heterocycles. The van der Waals surface area contributed by atoms with Gasteiger partial charge in [-0.25, -0.2) is 15.0 Å². The third-order valence-electron chi connectivity index (χ3n) is 11.1. The topological polar surface area (TPSA) is 51.8 Å². The van der Waals surface area contributed by atoms with E-state index in [2.05, 4.69) is 146 Å². The number of rotatable bonds is 4. The molecule has 3 aromatic heterocycles. The zero-order valence-electron chi connectivity index (χ0n) is 29.9. The average Bonchev–Trinajstić information content (AvgIpc) is 3.85. The lowest BCUT2D eigenvalue weighted by molar-refractivity contribution is 0.669. The first-order chi connectivity index (χ1) is 27.7. The predicted molar refractivity (Wildman–Crippen MR) is 234 cm³/mol. The summed E-state index contributed by atoms with van der Waals surface area (Å²) in [5.41, 5.74) is 7.08. The first-order valence-corrected chi connectivity index (χ1v) is 19.6. The van der Waals surface area contributed by atoms with Crippen LogP contribution in [-0.4, -0.2) is 15.0 Å². The molecule has 0 aliphatic carbocycles. The maximum absolute atomic E-state index is 6.30. The van der Waals surface area contributed by atoms with Crippen LogP contribution in [0.15, 0.2) is 180 Å². The summed E-state index contributed by atoms with van der Waals surface area (Å²) in [6.45, 7) is 0. The van der Waals surface area contributed by atoms with Crippen molar-refractivity contribution in [3.63, 3.8) is 0 Å². The molecule has 0 aliphatic rings. The van der Waals surface area contributed by atoms with Gasteiger partial charge in [-0.2, -0.15) is 0 Å². The first kappa shape index (κ1) is 31.2. The van der Waals surface area contributed by atoms with Crippen LogP contribution in [0, 0.1) is 0 Å². The minimum absolute atomic E-state index is 0.644. The summed E-state index contributed by atoms with van der Waals surface area (Å²) in [6.07, 6.45) is 0. The second kappa shape index (κ2) is 12.2. The van der Waals surface area contributed by atoms with Gasteiger partial charge in [-0.1, -0.05) is 152 Å². The molecule has 3 heterocycles. The molecule has 0 radical (unpaired) electrons. The highest BCUT2D eigenvalue weighted by molar-refractivity contribution is 7.27. The molecular weight excluding hydrogens is 703 g/mol. The molecule has 0 atom stereocenters. The molecule has 0 aliphatic heterocycles. The monoisotopic (exact) mass is 731 g/mol. The molecule has 9 aromatic carbocycles. The number of fused-ring (bicyclic) bond motifs is 11. The number of nitrogens with zero attached hydrogens (tertiary/aromatic N) is 3. The minimum atomic E-state index is 0.644. The zero-order valence-corrected chi connectivity index (χ0v) is 30.7. The lowest BCUT2D eigenvalue weighted by atomic mass is 9.96. The van der Waals surface area contributed by atoms with Crippen LogP contribution >= 0.6 is 11.3 Å². The van der Waals surface area contributed by atoms with Crippen molar-refractivity contribution in [3.05, 3.63) is 176 Å². The number of benzene rings is 9. The van der Waals surface area contributed by atoms with Crippen LogP contribution in [0.1, 0.15) is 0 Å². The quantitative estimate of drug-likeness (QED) is 0.169. The first-order valence-electron chi connectivity index (χ1n) is 18.8. The second-order valence-corrected chi connectivity index (χ2v) is 15.3. The fourth-order valence-corrected chi connectivity index (χ4v) is 9.86. The van der Waals surface area contributed by atoms with Gasteiger partial charge < -0.3 is 4.42 Å². The highest BCUT2D eigenvalue weighted by Gasteiger charge is 2.19. The standard InChI is InChI=1S/C51H29N3OS/c1-2-12-31(13-3-1)49-52-50(54-51(53-49)43-28-32-14-4-5-15-34(32)35-16-6-7-17-36(35)43)33-25-24-30-26-27-40-39-21-10-20-38(47(39)56-48(40)42(30)29-33)37-19-11-23-45-46(37)41-18-8-9-22-44(41)55-45/h1-29H. The molecule has 0 fully saturated rings. The molecule has 0 saturated carbocycles. The number of thiophene rings is 1. The van der Waals surface area contributed by atoms with E-state index in [1.54, 1.807) is 0 Å². The fraction of sp³-hybridized carbons (Fsp3) is 0. The van der Waals surface area contributed by atoms with Gasteiger partial charge in [-0.05, 0) is 56.8 Å². The second-order valence-electron chi connectivity index (χ2n) is 14.3. The van der Waals surface area contributed by atoms with Crippen LogP contribution in [0.3, 0.4) is 0 Å². The molecule has 0 amide bonds. The van der Waals surface area contributed by atoms with Crippen molar-refractivity contribution in [2.75, 3.05) is 0 Å². The van der Waals surface area contributed by atoms with Crippen molar-refractivity contribution in [2.45, 2.75) is 0 Å². The van der Waals surface area contributed by atoms with Crippen molar-refractivity contribution in [2.24, 2.45) is 0 Å². The predicted octanol–water partition coefficient (Wildman–Crippen LogP) is 14.3. The molecule has 0 unspecified atom stereocenters. The Kier molecular flexibility index (Phi) is 6.76. The van der Waals surface area contributed by atoms with E-state index in [0.29, 0.717) is 17.5 Å². The molecule has 0 spiro atoms. The van der Waals surface area contributed by atoms with E-state index < -0.39 is 0 Å². The van der Waals surface area contributed by atoms with E-state index in [4.69, 9.17) is 19.4 Å². The van der Waals surface area contributed by atoms with Gasteiger partial charge in [0.05, 0.1) is 0 Å². The summed E-state index contributed by atoms with van der Waals surface area (Å²) >= 11 is 1.85. The van der Waals surface area contributed by atoms with Crippen LogP contribution in [-0.2, 0) is 0 Å². The Morgan fingerprint density at radius 1 is 0.339 bits per heavy atom. The molecule has 260 valence electrons. The van der Waals surface area contributed by atoms with Crippen LogP contribution < -0.4 is 0 Å². The molecule has 12 rings (SSSR count). The number of hydrogen-bond donors (Lipinski definition) is 0. The van der Waals surface area contributed by atoms with E-state index in [1.165, 1.54) is 52.8 Å². The van der Waals surface area contributed by atoms with Crippen LogP contribution in [0.4, 0.5) is 0 Å².